The van der Waals surface area contributed by atoms with Crippen LogP contribution in [0.3, 0.4) is 0 Å². The molecule has 19 heteroatoms. The second kappa shape index (κ2) is 46.0. The number of rotatable bonds is 50. The van der Waals surface area contributed by atoms with E-state index in [9.17, 15) is 61.0 Å². The zero-order chi connectivity index (χ0) is 59.0. The maximum absolute atomic E-state index is 13.4. The highest BCUT2D eigenvalue weighted by molar-refractivity contribution is 5.76. The van der Waals surface area contributed by atoms with Gasteiger partial charge in [0.05, 0.1) is 38.6 Å². The summed E-state index contributed by atoms with van der Waals surface area (Å²) in [5.74, 6) is -0.237. The van der Waals surface area contributed by atoms with Crippen LogP contribution in [0.25, 0.3) is 0 Å². The molecule has 3 rings (SSSR count). The van der Waals surface area contributed by atoms with Crippen molar-refractivity contribution >= 4 is 5.91 Å². The quantitative estimate of drug-likeness (QED) is 0.0269. The van der Waals surface area contributed by atoms with Gasteiger partial charge in [-0.05, 0) is 12.8 Å². The van der Waals surface area contributed by atoms with Gasteiger partial charge < -0.3 is 89.9 Å². The number of hydrogen-bond donors (Lipinski definition) is 12. The van der Waals surface area contributed by atoms with E-state index in [4.69, 9.17) is 28.4 Å². The molecule has 0 bridgehead atoms. The Balaban J connectivity index is 1.45. The lowest BCUT2D eigenvalue weighted by Gasteiger charge is -2.48. The molecular formula is C62H119NO18. The lowest BCUT2D eigenvalue weighted by Crippen LogP contribution is -2.66. The zero-order valence-corrected chi connectivity index (χ0v) is 50.3. The molecule has 1 amide bonds. The van der Waals surface area contributed by atoms with Crippen molar-refractivity contribution in [3.8, 4) is 0 Å². The molecule has 0 saturated carbocycles. The topological polar surface area (TPSA) is 307 Å². The lowest BCUT2D eigenvalue weighted by atomic mass is 9.96. The van der Waals surface area contributed by atoms with Crippen molar-refractivity contribution in [1.82, 2.24) is 5.32 Å². The normalized spacial score (nSPS) is 29.7. The van der Waals surface area contributed by atoms with E-state index in [1.165, 1.54) is 180 Å². The Hall–Kier alpha value is -1.21. The molecule has 3 heterocycles. The van der Waals surface area contributed by atoms with Crippen molar-refractivity contribution in [3.05, 3.63) is 0 Å². The van der Waals surface area contributed by atoms with Crippen molar-refractivity contribution in [2.45, 2.75) is 362 Å². The zero-order valence-electron chi connectivity index (χ0n) is 50.3. The first-order valence-electron chi connectivity index (χ1n) is 32.8. The van der Waals surface area contributed by atoms with Crippen LogP contribution >= 0.6 is 0 Å². The summed E-state index contributed by atoms with van der Waals surface area (Å²) in [5.41, 5.74) is 0. The summed E-state index contributed by atoms with van der Waals surface area (Å²) in [6, 6.07) is -0.880. The highest BCUT2D eigenvalue weighted by Crippen LogP contribution is 2.33. The van der Waals surface area contributed by atoms with Crippen molar-refractivity contribution in [1.29, 1.82) is 0 Å². The molecule has 17 unspecified atom stereocenters. The van der Waals surface area contributed by atoms with Gasteiger partial charge in [0.2, 0.25) is 5.91 Å². The molecule has 0 aromatic heterocycles. The van der Waals surface area contributed by atoms with Crippen LogP contribution in [0.1, 0.15) is 258 Å². The fourth-order valence-electron chi connectivity index (χ4n) is 11.6. The summed E-state index contributed by atoms with van der Waals surface area (Å²) in [6.45, 7) is 1.82. The predicted molar refractivity (Wildman–Crippen MR) is 310 cm³/mol. The molecule has 3 aliphatic rings. The van der Waals surface area contributed by atoms with Gasteiger partial charge in [-0.3, -0.25) is 4.79 Å². The second-order valence-corrected chi connectivity index (χ2v) is 23.9. The molecule has 0 aliphatic carbocycles. The minimum Gasteiger partial charge on any atom is -0.394 e. The third-order valence-corrected chi connectivity index (χ3v) is 16.9. The van der Waals surface area contributed by atoms with Gasteiger partial charge in [-0.15, -0.1) is 0 Å². The molecule has 0 aromatic carbocycles. The molecule has 12 N–H and O–H groups in total. The number of amides is 1. The van der Waals surface area contributed by atoms with Gasteiger partial charge in [0, 0.05) is 6.42 Å². The summed E-state index contributed by atoms with van der Waals surface area (Å²) in [6.07, 6.45) is 18.9. The van der Waals surface area contributed by atoms with Crippen LogP contribution in [0, 0.1) is 0 Å². The standard InChI is InChI=1S/C62H119NO18/c1-3-5-7-9-11-13-15-17-19-20-21-22-23-24-26-28-30-32-34-36-38-40-50(68)63-45(46(67)39-37-35-33-31-29-27-25-18-16-14-12-10-8-6-4-2)44-76-60-56(74)53(71)58(48(42-65)78-60)81-62-57(75)54(72)59(49(43-66)79-62)80-61-55(73)52(70)51(69)47(41-64)77-61/h45-49,51-62,64-67,69-75H,3-44H2,1-2H3,(H,63,68). The highest BCUT2D eigenvalue weighted by Gasteiger charge is 2.53. The van der Waals surface area contributed by atoms with Crippen molar-refractivity contribution in [2.24, 2.45) is 0 Å². The number of hydrogen-bond acceptors (Lipinski definition) is 18. The number of ether oxygens (including phenoxy) is 6. The van der Waals surface area contributed by atoms with Gasteiger partial charge in [0.15, 0.2) is 18.9 Å². The summed E-state index contributed by atoms with van der Waals surface area (Å²) in [7, 11) is 0. The van der Waals surface area contributed by atoms with Crippen molar-refractivity contribution in [2.75, 3.05) is 26.4 Å². The maximum Gasteiger partial charge on any atom is 0.220 e. The highest BCUT2D eigenvalue weighted by atomic mass is 16.8. The Labute approximate surface area is 487 Å². The molecular weight excluding hydrogens is 1050 g/mol. The van der Waals surface area contributed by atoms with E-state index >= 15 is 0 Å². The molecule has 0 radical (unpaired) electrons. The number of nitrogens with one attached hydrogen (secondary N) is 1. The van der Waals surface area contributed by atoms with Gasteiger partial charge in [-0.1, -0.05) is 239 Å². The van der Waals surface area contributed by atoms with Gasteiger partial charge in [-0.25, -0.2) is 0 Å². The summed E-state index contributed by atoms with van der Waals surface area (Å²) >= 11 is 0. The second-order valence-electron chi connectivity index (χ2n) is 23.9. The van der Waals surface area contributed by atoms with Crippen molar-refractivity contribution in [3.63, 3.8) is 0 Å². The first-order chi connectivity index (χ1) is 39.3. The third kappa shape index (κ3) is 29.4. The summed E-state index contributed by atoms with van der Waals surface area (Å²) in [5, 5.41) is 120. The monoisotopic (exact) mass is 1170 g/mol. The van der Waals surface area contributed by atoms with Crippen LogP contribution in [0.15, 0.2) is 0 Å². The Bertz CT molecular complexity index is 1490. The molecule has 19 nitrogen and oxygen atoms in total. The SMILES string of the molecule is CCCCCCCCCCCCCCCCCCCCCCCC(=O)NC(COC1OC(CO)C(OC2OC(CO)C(OC3OC(CO)C(O)C(O)C3O)C(O)C2O)C(O)C1O)C(O)CCCCCCCCCCCCCCCCC. The average molecular weight is 1170 g/mol. The van der Waals surface area contributed by atoms with Gasteiger partial charge in [-0.2, -0.15) is 0 Å². The molecule has 3 saturated heterocycles. The molecule has 17 atom stereocenters. The predicted octanol–water partition coefficient (Wildman–Crippen LogP) is 7.16. The van der Waals surface area contributed by atoms with Crippen molar-refractivity contribution < 1.29 is 89.4 Å². The smallest absolute Gasteiger partial charge is 0.220 e. The Kier molecular flexibility index (Phi) is 42.1. The van der Waals surface area contributed by atoms with Gasteiger partial charge in [0.25, 0.3) is 0 Å². The molecule has 3 aliphatic heterocycles. The van der Waals surface area contributed by atoms with Gasteiger partial charge in [0.1, 0.15) is 73.2 Å². The number of carbonyl (C=O) groups excluding carboxylic acids is 1. The molecule has 480 valence electrons. The molecule has 3 fully saturated rings. The average Bonchev–Trinajstić information content (AvgIpc) is 3.46. The van der Waals surface area contributed by atoms with Gasteiger partial charge >= 0.3 is 0 Å². The number of carbonyl (C=O) groups is 1. The minimum atomic E-state index is -1.97. The fraction of sp³-hybridized carbons (Fsp3) is 0.984. The van der Waals surface area contributed by atoms with Crippen LogP contribution in [0.2, 0.25) is 0 Å². The Morgan fingerprint density at radius 2 is 0.704 bits per heavy atom. The molecule has 0 spiro atoms. The number of aliphatic hydroxyl groups excluding tert-OH is 11. The van der Waals surface area contributed by atoms with E-state index in [2.05, 4.69) is 19.2 Å². The Morgan fingerprint density at radius 3 is 1.07 bits per heavy atom. The van der Waals surface area contributed by atoms with Crippen LogP contribution in [0.5, 0.6) is 0 Å². The third-order valence-electron chi connectivity index (χ3n) is 16.9. The summed E-state index contributed by atoms with van der Waals surface area (Å²) < 4.78 is 34.4. The van der Waals surface area contributed by atoms with E-state index in [1.807, 2.05) is 0 Å². The van der Waals surface area contributed by atoms with Crippen LogP contribution in [0.4, 0.5) is 0 Å². The maximum atomic E-state index is 13.4. The summed E-state index contributed by atoms with van der Waals surface area (Å²) in [4.78, 5) is 13.4. The lowest BCUT2D eigenvalue weighted by molar-refractivity contribution is -0.379. The largest absolute Gasteiger partial charge is 0.394 e. The van der Waals surface area contributed by atoms with E-state index in [1.54, 1.807) is 0 Å². The fourth-order valence-corrected chi connectivity index (χ4v) is 11.6. The Morgan fingerprint density at radius 1 is 0.395 bits per heavy atom. The van der Waals surface area contributed by atoms with Crippen LogP contribution in [-0.2, 0) is 33.2 Å². The molecule has 0 aromatic rings. The minimum absolute atomic E-state index is 0.237. The van der Waals surface area contributed by atoms with E-state index in [0.717, 1.165) is 44.9 Å². The van der Waals surface area contributed by atoms with E-state index < -0.39 is 124 Å². The van der Waals surface area contributed by atoms with E-state index in [0.29, 0.717) is 12.8 Å². The number of unbranched alkanes of at least 4 members (excludes halogenated alkanes) is 34. The molecule has 81 heavy (non-hydrogen) atoms. The first-order valence-corrected chi connectivity index (χ1v) is 32.8. The first kappa shape index (κ1) is 74.0. The van der Waals surface area contributed by atoms with E-state index in [-0.39, 0.29) is 18.9 Å². The van der Waals surface area contributed by atoms with Crippen LogP contribution in [-0.4, -0.2) is 193 Å². The number of aliphatic hydroxyl groups is 11. The van der Waals surface area contributed by atoms with Crippen LogP contribution < -0.4 is 5.32 Å².